The fraction of sp³-hybridized carbons (Fsp3) is 0.500. The Morgan fingerprint density at radius 2 is 1.63 bits per heavy atom. The van der Waals surface area contributed by atoms with Crippen LogP contribution in [0.25, 0.3) is 0 Å². The first-order valence-corrected chi connectivity index (χ1v) is 11.2. The molecular weight excluding hydrogens is 398 g/mol. The lowest BCUT2D eigenvalue weighted by atomic mass is 10.1. The highest BCUT2D eigenvalue weighted by atomic mass is 32.2. The van der Waals surface area contributed by atoms with E-state index in [1.54, 1.807) is 25.7 Å². The summed E-state index contributed by atoms with van der Waals surface area (Å²) >= 11 is 0. The zero-order valence-corrected chi connectivity index (χ0v) is 17.5. The van der Waals surface area contributed by atoms with Gasteiger partial charge in [0, 0.05) is 6.26 Å². The van der Waals surface area contributed by atoms with E-state index >= 15 is 0 Å². The first-order chi connectivity index (χ1) is 12.1. The van der Waals surface area contributed by atoms with Crippen LogP contribution in [0, 0.1) is 5.92 Å². The van der Waals surface area contributed by atoms with Crippen molar-refractivity contribution in [3.63, 3.8) is 0 Å². The van der Waals surface area contributed by atoms with Gasteiger partial charge in [0.25, 0.3) is 10.0 Å². The number of esters is 1. The van der Waals surface area contributed by atoms with E-state index in [9.17, 15) is 26.4 Å². The Hall–Kier alpha value is -1.98. The zero-order valence-electron chi connectivity index (χ0n) is 15.9. The van der Waals surface area contributed by atoms with Crippen LogP contribution >= 0.6 is 0 Å². The zero-order chi connectivity index (χ0) is 21.2. The summed E-state index contributed by atoms with van der Waals surface area (Å²) in [4.78, 5) is 28.6. The smallest absolute Gasteiger partial charge is 0.340 e. The van der Waals surface area contributed by atoms with Gasteiger partial charge in [-0.05, 0) is 37.8 Å². The number of hydrogen-bond acceptors (Lipinski definition) is 8. The number of rotatable bonds is 6. The maximum absolute atomic E-state index is 12.7. The van der Waals surface area contributed by atoms with Gasteiger partial charge in [0.1, 0.15) is 10.5 Å². The highest BCUT2D eigenvalue weighted by molar-refractivity contribution is 7.93. The lowest BCUT2D eigenvalue weighted by Crippen LogP contribution is -2.32. The minimum atomic E-state index is -4.71. The Morgan fingerprint density at radius 1 is 1.07 bits per heavy atom. The summed E-state index contributed by atoms with van der Waals surface area (Å²) in [7, 11) is -8.75. The average Bonchev–Trinajstić information content (AvgIpc) is 2.49. The summed E-state index contributed by atoms with van der Waals surface area (Å²) in [6.45, 7) is 7.67. The fourth-order valence-electron chi connectivity index (χ4n) is 1.83. The third-order valence-corrected chi connectivity index (χ3v) is 5.54. The van der Waals surface area contributed by atoms with Crippen molar-refractivity contribution in [2.24, 2.45) is 5.92 Å². The topological polar surface area (TPSA) is 133 Å². The normalized spacial score (nSPS) is 12.7. The maximum atomic E-state index is 12.7. The summed E-state index contributed by atoms with van der Waals surface area (Å²) in [5.74, 6) is -2.55. The van der Waals surface area contributed by atoms with Gasteiger partial charge in [-0.3, -0.25) is 4.79 Å². The fourth-order valence-corrected chi connectivity index (χ4v) is 4.44. The van der Waals surface area contributed by atoms with Crippen LogP contribution in [-0.2, 0) is 34.2 Å². The van der Waals surface area contributed by atoms with E-state index < -0.39 is 58.7 Å². The van der Waals surface area contributed by atoms with E-state index in [0.29, 0.717) is 0 Å². The number of carbonyl (C=O) groups excluding carboxylic acids is 2. The first-order valence-electron chi connectivity index (χ1n) is 7.85. The quantitative estimate of drug-likeness (QED) is 0.539. The molecule has 1 aromatic carbocycles. The van der Waals surface area contributed by atoms with Crippen molar-refractivity contribution >= 4 is 31.8 Å². The predicted octanol–water partition coefficient (Wildman–Crippen LogP) is 1.44. The molecule has 0 unspecified atom stereocenters. The molecule has 9 nitrogen and oxygen atoms in total. The second kappa shape index (κ2) is 7.95. The van der Waals surface area contributed by atoms with Gasteiger partial charge >= 0.3 is 11.9 Å². The molecule has 0 heterocycles. The third-order valence-electron chi connectivity index (χ3n) is 2.99. The van der Waals surface area contributed by atoms with E-state index in [1.165, 1.54) is 19.9 Å². The van der Waals surface area contributed by atoms with Crippen molar-refractivity contribution in [1.82, 2.24) is 4.89 Å². The molecule has 11 heteroatoms. The van der Waals surface area contributed by atoms with E-state index in [-0.39, 0.29) is 0 Å². The highest BCUT2D eigenvalue weighted by Crippen LogP contribution is 2.27. The maximum Gasteiger partial charge on any atom is 0.340 e. The molecule has 0 fully saturated rings. The average molecular weight is 421 g/mol. The third kappa shape index (κ3) is 6.29. The van der Waals surface area contributed by atoms with Gasteiger partial charge in [-0.15, -0.1) is 0 Å². The van der Waals surface area contributed by atoms with Crippen molar-refractivity contribution in [1.29, 1.82) is 0 Å². The highest BCUT2D eigenvalue weighted by Gasteiger charge is 2.33. The van der Waals surface area contributed by atoms with Gasteiger partial charge in [0.15, 0.2) is 9.84 Å². The number of carbonyl (C=O) groups is 2. The molecule has 152 valence electrons. The molecule has 0 atom stereocenters. The molecule has 0 radical (unpaired) electrons. The van der Waals surface area contributed by atoms with Crippen LogP contribution in [0.5, 0.6) is 0 Å². The largest absolute Gasteiger partial charge is 0.456 e. The number of ether oxygens (including phenoxy) is 1. The number of sulfonamides is 1. The summed E-state index contributed by atoms with van der Waals surface area (Å²) in [5, 5.41) is 0. The molecule has 0 aromatic heterocycles. The molecule has 0 saturated heterocycles. The molecule has 0 bridgehead atoms. The lowest BCUT2D eigenvalue weighted by Gasteiger charge is -2.21. The summed E-state index contributed by atoms with van der Waals surface area (Å²) in [5.41, 5.74) is -1.45. The summed E-state index contributed by atoms with van der Waals surface area (Å²) in [6, 6.07) is 3.36. The Bertz CT molecular complexity index is 941. The van der Waals surface area contributed by atoms with Crippen LogP contribution < -0.4 is 4.89 Å². The van der Waals surface area contributed by atoms with Crippen LogP contribution in [0.1, 0.15) is 45.0 Å². The molecule has 27 heavy (non-hydrogen) atoms. The molecule has 0 aliphatic rings. The van der Waals surface area contributed by atoms with Crippen LogP contribution in [-0.4, -0.2) is 40.6 Å². The molecule has 1 aromatic rings. The first kappa shape index (κ1) is 23.1. The van der Waals surface area contributed by atoms with Crippen LogP contribution in [0.4, 0.5) is 0 Å². The minimum absolute atomic E-state index is 0.499. The Morgan fingerprint density at radius 3 is 2.07 bits per heavy atom. The lowest BCUT2D eigenvalue weighted by molar-refractivity contribution is -0.150. The summed E-state index contributed by atoms with van der Waals surface area (Å²) in [6.07, 6.45) is 0.792. The molecular formula is C16H23NO8S2. The Labute approximate surface area is 159 Å². The van der Waals surface area contributed by atoms with E-state index in [2.05, 4.69) is 4.84 Å². The monoisotopic (exact) mass is 421 g/mol. The minimum Gasteiger partial charge on any atom is -0.456 e. The predicted molar refractivity (Wildman–Crippen MR) is 96.0 cm³/mol. The van der Waals surface area contributed by atoms with E-state index in [0.717, 1.165) is 18.4 Å². The standard InChI is InChI=1S/C16H23NO8S2/c1-10(2)14(18)25-17-27(22,23)13-11(15(19)24-16(3,4)5)8-7-9-12(13)26(6,20)21/h7-10,17H,1-6H3. The molecule has 1 rings (SSSR count). The van der Waals surface area contributed by atoms with E-state index in [1.807, 2.05) is 0 Å². The van der Waals surface area contributed by atoms with Crippen molar-refractivity contribution < 1.29 is 36.0 Å². The van der Waals surface area contributed by atoms with Crippen LogP contribution in [0.2, 0.25) is 0 Å². The van der Waals surface area contributed by atoms with E-state index in [4.69, 9.17) is 4.74 Å². The Kier molecular flexibility index (Phi) is 6.79. The van der Waals surface area contributed by atoms with Crippen molar-refractivity contribution in [2.75, 3.05) is 6.26 Å². The second-order valence-corrected chi connectivity index (χ2v) is 10.6. The van der Waals surface area contributed by atoms with Crippen molar-refractivity contribution in [3.05, 3.63) is 23.8 Å². The molecule has 0 amide bonds. The SMILES string of the molecule is CC(C)C(=O)ONS(=O)(=O)c1c(C(=O)OC(C)(C)C)cccc1S(C)(=O)=O. The number of hydrogen-bond donors (Lipinski definition) is 1. The molecule has 0 aliphatic carbocycles. The molecule has 0 spiro atoms. The van der Waals surface area contributed by atoms with Crippen molar-refractivity contribution in [3.8, 4) is 0 Å². The number of sulfone groups is 1. The molecule has 1 N–H and O–H groups in total. The number of benzene rings is 1. The van der Waals surface area contributed by atoms with Gasteiger partial charge in [-0.1, -0.05) is 19.9 Å². The van der Waals surface area contributed by atoms with Gasteiger partial charge in [-0.2, -0.15) is 0 Å². The van der Waals surface area contributed by atoms with Gasteiger partial charge in [0.05, 0.1) is 16.4 Å². The van der Waals surface area contributed by atoms with Gasteiger partial charge < -0.3 is 9.57 Å². The van der Waals surface area contributed by atoms with Crippen LogP contribution in [0.15, 0.2) is 28.0 Å². The molecule has 0 saturated carbocycles. The number of nitrogens with one attached hydrogen (secondary N) is 1. The molecule has 0 aliphatic heterocycles. The summed E-state index contributed by atoms with van der Waals surface area (Å²) < 4.78 is 54.6. The van der Waals surface area contributed by atoms with Crippen LogP contribution in [0.3, 0.4) is 0 Å². The van der Waals surface area contributed by atoms with Crippen molar-refractivity contribution in [2.45, 2.75) is 50.0 Å². The second-order valence-electron chi connectivity index (χ2n) is 7.07. The Balaban J connectivity index is 3.57. The van der Waals surface area contributed by atoms with Gasteiger partial charge in [0.2, 0.25) is 0 Å². The van der Waals surface area contributed by atoms with Gasteiger partial charge in [-0.25, -0.2) is 21.6 Å².